The molecule has 5 heteroatoms. The number of carbonyl (C=O) groups excluding carboxylic acids is 1. The summed E-state index contributed by atoms with van der Waals surface area (Å²) in [6.07, 6.45) is 4.05. The van der Waals surface area contributed by atoms with Crippen molar-refractivity contribution in [3.8, 4) is 0 Å². The molecule has 3 rings (SSSR count). The number of hydrogen-bond donors (Lipinski definition) is 1. The van der Waals surface area contributed by atoms with Gasteiger partial charge in [0.05, 0.1) is 11.7 Å². The van der Waals surface area contributed by atoms with Gasteiger partial charge < -0.3 is 10.0 Å². The summed E-state index contributed by atoms with van der Waals surface area (Å²) in [5.74, 6) is -0.246. The van der Waals surface area contributed by atoms with E-state index >= 15 is 0 Å². The number of carbonyl (C=O) groups is 1. The van der Waals surface area contributed by atoms with E-state index in [-0.39, 0.29) is 17.6 Å². The molecule has 0 aliphatic carbocycles. The van der Waals surface area contributed by atoms with E-state index in [1.165, 1.54) is 12.1 Å². The topological polar surface area (TPSA) is 53.4 Å². The zero-order valence-corrected chi connectivity index (χ0v) is 12.7. The number of aliphatic hydroxyl groups is 1. The van der Waals surface area contributed by atoms with Crippen LogP contribution in [0.5, 0.6) is 0 Å². The molecule has 1 saturated heterocycles. The number of aromatic nitrogens is 1. The monoisotopic (exact) mass is 314 g/mol. The molecule has 1 aliphatic heterocycles. The molecular weight excluding hydrogens is 295 g/mol. The molecule has 0 spiro atoms. The van der Waals surface area contributed by atoms with Crippen molar-refractivity contribution in [2.75, 3.05) is 13.1 Å². The lowest BCUT2D eigenvalue weighted by Gasteiger charge is -2.34. The quantitative estimate of drug-likeness (QED) is 0.948. The van der Waals surface area contributed by atoms with Crippen LogP contribution in [0.2, 0.25) is 0 Å². The van der Waals surface area contributed by atoms with Crippen molar-refractivity contribution in [3.63, 3.8) is 0 Å². The first-order chi connectivity index (χ1) is 11.1. The zero-order valence-electron chi connectivity index (χ0n) is 12.7. The number of rotatable bonds is 3. The number of benzene rings is 1. The third-order valence-corrected chi connectivity index (χ3v) is 4.39. The van der Waals surface area contributed by atoms with Gasteiger partial charge in [0.15, 0.2) is 0 Å². The van der Waals surface area contributed by atoms with Crippen molar-refractivity contribution in [1.82, 2.24) is 9.88 Å². The highest BCUT2D eigenvalue weighted by Crippen LogP contribution is 2.31. The Labute approximate surface area is 134 Å². The van der Waals surface area contributed by atoms with Gasteiger partial charge in [0.2, 0.25) is 0 Å². The Morgan fingerprint density at radius 1 is 1.22 bits per heavy atom. The van der Waals surface area contributed by atoms with Crippen molar-refractivity contribution in [3.05, 3.63) is 65.7 Å². The molecule has 120 valence electrons. The first-order valence-corrected chi connectivity index (χ1v) is 7.78. The fourth-order valence-corrected chi connectivity index (χ4v) is 3.02. The fourth-order valence-electron chi connectivity index (χ4n) is 3.02. The second kappa shape index (κ2) is 6.87. The third-order valence-electron chi connectivity index (χ3n) is 4.39. The number of amides is 1. The predicted molar refractivity (Wildman–Crippen MR) is 84.2 cm³/mol. The maximum Gasteiger partial charge on any atom is 0.255 e. The van der Waals surface area contributed by atoms with Crippen LogP contribution < -0.4 is 0 Å². The fraction of sp³-hybridized carbons (Fsp3) is 0.333. The average molecular weight is 314 g/mol. The molecule has 1 aromatic heterocycles. The molecule has 1 aromatic carbocycles. The Kier molecular flexibility index (Phi) is 4.67. The van der Waals surface area contributed by atoms with Gasteiger partial charge in [0, 0.05) is 25.5 Å². The van der Waals surface area contributed by atoms with E-state index in [1.807, 2.05) is 0 Å². The second-order valence-electron chi connectivity index (χ2n) is 5.87. The molecule has 1 fully saturated rings. The molecule has 1 atom stereocenters. The molecule has 1 amide bonds. The number of aliphatic hydroxyl groups excluding tert-OH is 1. The number of likely N-dealkylation sites (tertiary alicyclic amines) is 1. The molecular formula is C18H19FN2O2. The van der Waals surface area contributed by atoms with Crippen LogP contribution in [0.3, 0.4) is 0 Å². The average Bonchev–Trinajstić information content (AvgIpc) is 2.62. The number of hydrogen-bond acceptors (Lipinski definition) is 3. The van der Waals surface area contributed by atoms with Gasteiger partial charge in [-0.25, -0.2) is 4.39 Å². The van der Waals surface area contributed by atoms with Crippen LogP contribution in [0.4, 0.5) is 4.39 Å². The number of halogens is 1. The van der Waals surface area contributed by atoms with Crippen LogP contribution >= 0.6 is 0 Å². The standard InChI is InChI=1S/C18H19FN2O2/c19-16-5-3-13(4-6-16)17(22)14-7-10-21(11-8-14)18(23)15-2-1-9-20-12-15/h1-6,9,12,14,17,22H,7-8,10-11H2/t17-/m0/s1. The summed E-state index contributed by atoms with van der Waals surface area (Å²) >= 11 is 0. The molecule has 0 unspecified atom stereocenters. The zero-order chi connectivity index (χ0) is 16.2. The lowest BCUT2D eigenvalue weighted by Crippen LogP contribution is -2.39. The number of piperidine rings is 1. The van der Waals surface area contributed by atoms with Gasteiger partial charge in [-0.1, -0.05) is 12.1 Å². The van der Waals surface area contributed by atoms with Gasteiger partial charge >= 0.3 is 0 Å². The second-order valence-corrected chi connectivity index (χ2v) is 5.87. The van der Waals surface area contributed by atoms with Crippen LogP contribution in [0.1, 0.15) is 34.9 Å². The van der Waals surface area contributed by atoms with E-state index < -0.39 is 6.10 Å². The number of nitrogens with zero attached hydrogens (tertiary/aromatic N) is 2. The highest BCUT2D eigenvalue weighted by atomic mass is 19.1. The van der Waals surface area contributed by atoms with Gasteiger partial charge in [0.25, 0.3) is 5.91 Å². The molecule has 4 nitrogen and oxygen atoms in total. The summed E-state index contributed by atoms with van der Waals surface area (Å²) in [6.45, 7) is 1.22. The van der Waals surface area contributed by atoms with Crippen LogP contribution in [0, 0.1) is 11.7 Å². The number of pyridine rings is 1. The molecule has 1 N–H and O–H groups in total. The van der Waals surface area contributed by atoms with E-state index in [9.17, 15) is 14.3 Å². The third kappa shape index (κ3) is 3.56. The minimum Gasteiger partial charge on any atom is -0.388 e. The first kappa shape index (κ1) is 15.6. The van der Waals surface area contributed by atoms with Crippen molar-refractivity contribution >= 4 is 5.91 Å². The Balaban J connectivity index is 1.60. The minimum absolute atomic E-state index is 0.0205. The Morgan fingerprint density at radius 2 is 1.91 bits per heavy atom. The van der Waals surface area contributed by atoms with E-state index in [1.54, 1.807) is 41.6 Å². The lowest BCUT2D eigenvalue weighted by atomic mass is 9.87. The molecule has 2 aromatic rings. The molecule has 1 aliphatic rings. The smallest absolute Gasteiger partial charge is 0.255 e. The van der Waals surface area contributed by atoms with Gasteiger partial charge in [-0.15, -0.1) is 0 Å². The molecule has 23 heavy (non-hydrogen) atoms. The van der Waals surface area contributed by atoms with Crippen molar-refractivity contribution < 1.29 is 14.3 Å². The normalized spacial score (nSPS) is 17.0. The maximum absolute atomic E-state index is 13.0. The van der Waals surface area contributed by atoms with Crippen molar-refractivity contribution in [2.45, 2.75) is 18.9 Å². The molecule has 2 heterocycles. The van der Waals surface area contributed by atoms with Gasteiger partial charge in [-0.05, 0) is 48.6 Å². The van der Waals surface area contributed by atoms with Crippen molar-refractivity contribution in [2.24, 2.45) is 5.92 Å². The summed E-state index contributed by atoms with van der Waals surface area (Å²) in [6, 6.07) is 9.46. The summed E-state index contributed by atoms with van der Waals surface area (Å²) in [4.78, 5) is 18.1. The van der Waals surface area contributed by atoms with Gasteiger partial charge in [-0.2, -0.15) is 0 Å². The lowest BCUT2D eigenvalue weighted by molar-refractivity contribution is 0.0462. The van der Waals surface area contributed by atoms with Crippen molar-refractivity contribution in [1.29, 1.82) is 0 Å². The van der Waals surface area contributed by atoms with Crippen LogP contribution in [0.25, 0.3) is 0 Å². The summed E-state index contributed by atoms with van der Waals surface area (Å²) in [5.41, 5.74) is 1.31. The maximum atomic E-state index is 13.0. The molecule has 0 saturated carbocycles. The van der Waals surface area contributed by atoms with E-state index in [0.29, 0.717) is 18.7 Å². The Hall–Kier alpha value is -2.27. The minimum atomic E-state index is -0.619. The Morgan fingerprint density at radius 3 is 2.52 bits per heavy atom. The summed E-state index contributed by atoms with van der Waals surface area (Å²) < 4.78 is 13.0. The molecule has 0 bridgehead atoms. The van der Waals surface area contributed by atoms with E-state index in [0.717, 1.165) is 18.4 Å². The Bertz CT molecular complexity index is 652. The SMILES string of the molecule is O=C(c1cccnc1)N1CCC([C@@H](O)c2ccc(F)cc2)CC1. The highest BCUT2D eigenvalue weighted by molar-refractivity contribution is 5.93. The summed E-state index contributed by atoms with van der Waals surface area (Å²) in [5, 5.41) is 10.4. The highest BCUT2D eigenvalue weighted by Gasteiger charge is 2.28. The summed E-state index contributed by atoms with van der Waals surface area (Å²) in [7, 11) is 0. The van der Waals surface area contributed by atoms with Gasteiger partial charge in [-0.3, -0.25) is 9.78 Å². The van der Waals surface area contributed by atoms with Gasteiger partial charge in [0.1, 0.15) is 5.82 Å². The first-order valence-electron chi connectivity index (χ1n) is 7.78. The van der Waals surface area contributed by atoms with E-state index in [4.69, 9.17) is 0 Å². The largest absolute Gasteiger partial charge is 0.388 e. The van der Waals surface area contributed by atoms with Crippen LogP contribution in [-0.4, -0.2) is 34.0 Å². The molecule has 0 radical (unpaired) electrons. The predicted octanol–water partition coefficient (Wildman–Crippen LogP) is 2.81. The van der Waals surface area contributed by atoms with Crippen LogP contribution in [0.15, 0.2) is 48.8 Å². The van der Waals surface area contributed by atoms with E-state index in [2.05, 4.69) is 4.98 Å². The van der Waals surface area contributed by atoms with Crippen LogP contribution in [-0.2, 0) is 0 Å².